The lowest BCUT2D eigenvalue weighted by atomic mass is 10.2. The second kappa shape index (κ2) is 4.80. The van der Waals surface area contributed by atoms with Gasteiger partial charge in [-0.15, -0.1) is 0 Å². The number of hydrogen-bond donors (Lipinski definition) is 2. The molecule has 72 valence electrons. The van der Waals surface area contributed by atoms with Crippen molar-refractivity contribution in [3.8, 4) is 6.07 Å². The second-order valence-electron chi connectivity index (χ2n) is 2.93. The number of ether oxygens (including phenoxy) is 1. The Balaban J connectivity index is 2.30. The van der Waals surface area contributed by atoms with E-state index >= 15 is 0 Å². The number of nitrogens with one attached hydrogen (secondary N) is 2. The van der Waals surface area contributed by atoms with Gasteiger partial charge in [-0.25, -0.2) is 0 Å². The van der Waals surface area contributed by atoms with Crippen LogP contribution in [0.1, 0.15) is 6.42 Å². The summed E-state index contributed by atoms with van der Waals surface area (Å²) in [6, 6.07) is 1.65. The van der Waals surface area contributed by atoms with E-state index in [1.165, 1.54) is 0 Å². The Morgan fingerprint density at radius 3 is 3.15 bits per heavy atom. The number of hydrogen-bond acceptors (Lipinski definition) is 4. The molecule has 0 aromatic rings. The van der Waals surface area contributed by atoms with Crippen LogP contribution in [0.5, 0.6) is 0 Å². The van der Waals surface area contributed by atoms with Gasteiger partial charge in [0.25, 0.3) is 0 Å². The Kier molecular flexibility index (Phi) is 3.68. The molecular formula is C8H13N3O2. The van der Waals surface area contributed by atoms with Crippen LogP contribution in [0.15, 0.2) is 0 Å². The number of nitrogens with zero attached hydrogens (tertiary/aromatic N) is 1. The minimum Gasteiger partial charge on any atom is -0.380 e. The molecule has 1 fully saturated rings. The van der Waals surface area contributed by atoms with Crippen molar-refractivity contribution in [3.05, 3.63) is 0 Å². The SMILES string of the molecule is COC1CNC(C(=O)NCC#N)C1. The van der Waals surface area contributed by atoms with Crippen LogP contribution in [0.2, 0.25) is 0 Å². The van der Waals surface area contributed by atoms with Crippen molar-refractivity contribution in [2.45, 2.75) is 18.6 Å². The van der Waals surface area contributed by atoms with E-state index in [2.05, 4.69) is 10.6 Å². The molecule has 0 aromatic heterocycles. The van der Waals surface area contributed by atoms with E-state index in [-0.39, 0.29) is 24.6 Å². The average molecular weight is 183 g/mol. The predicted molar refractivity (Wildman–Crippen MR) is 45.8 cm³/mol. The first-order valence-corrected chi connectivity index (χ1v) is 4.18. The molecule has 1 aliphatic rings. The average Bonchev–Trinajstić information content (AvgIpc) is 2.62. The van der Waals surface area contributed by atoms with E-state index in [9.17, 15) is 4.79 Å². The third kappa shape index (κ3) is 2.68. The molecule has 1 aliphatic heterocycles. The van der Waals surface area contributed by atoms with E-state index in [1.807, 2.05) is 6.07 Å². The van der Waals surface area contributed by atoms with Gasteiger partial charge in [0.15, 0.2) is 0 Å². The van der Waals surface area contributed by atoms with Gasteiger partial charge in [0.05, 0.1) is 18.2 Å². The Bertz CT molecular complexity index is 224. The number of carbonyl (C=O) groups is 1. The minimum atomic E-state index is -0.210. The number of amides is 1. The molecule has 2 unspecified atom stereocenters. The topological polar surface area (TPSA) is 74.2 Å². The summed E-state index contributed by atoms with van der Waals surface area (Å²) in [5.41, 5.74) is 0. The maximum absolute atomic E-state index is 11.3. The summed E-state index contributed by atoms with van der Waals surface area (Å²) in [5.74, 6) is -0.124. The molecule has 2 N–H and O–H groups in total. The maximum atomic E-state index is 11.3. The van der Waals surface area contributed by atoms with Crippen LogP contribution < -0.4 is 10.6 Å². The van der Waals surface area contributed by atoms with E-state index in [4.69, 9.17) is 10.00 Å². The standard InChI is InChI=1S/C8H13N3O2/c1-13-6-4-7(11-5-6)8(12)10-3-2-9/h6-7,11H,3-5H2,1H3,(H,10,12). The lowest BCUT2D eigenvalue weighted by Gasteiger charge is -2.08. The van der Waals surface area contributed by atoms with Crippen LogP contribution in [0.25, 0.3) is 0 Å². The molecule has 0 bridgehead atoms. The van der Waals surface area contributed by atoms with Crippen molar-refractivity contribution in [2.24, 2.45) is 0 Å². The fourth-order valence-corrected chi connectivity index (χ4v) is 1.33. The van der Waals surface area contributed by atoms with Crippen LogP contribution in [0.3, 0.4) is 0 Å². The van der Waals surface area contributed by atoms with Crippen molar-refractivity contribution < 1.29 is 9.53 Å². The Morgan fingerprint density at radius 2 is 2.62 bits per heavy atom. The van der Waals surface area contributed by atoms with Crippen molar-refractivity contribution >= 4 is 5.91 Å². The molecule has 1 saturated heterocycles. The summed E-state index contributed by atoms with van der Waals surface area (Å²) in [5, 5.41) is 13.8. The number of methoxy groups -OCH3 is 1. The van der Waals surface area contributed by atoms with Gasteiger partial charge in [0, 0.05) is 13.7 Å². The van der Waals surface area contributed by atoms with Gasteiger partial charge in [0.2, 0.25) is 5.91 Å². The molecule has 1 rings (SSSR count). The quantitative estimate of drug-likeness (QED) is 0.550. The molecule has 0 spiro atoms. The van der Waals surface area contributed by atoms with Crippen molar-refractivity contribution in [2.75, 3.05) is 20.2 Å². The molecule has 0 aromatic carbocycles. The summed E-state index contributed by atoms with van der Waals surface area (Å²) in [4.78, 5) is 11.3. The van der Waals surface area contributed by atoms with Crippen LogP contribution in [-0.4, -0.2) is 38.3 Å². The first kappa shape index (κ1) is 9.96. The van der Waals surface area contributed by atoms with Gasteiger partial charge in [-0.3, -0.25) is 4.79 Å². The minimum absolute atomic E-state index is 0.0641. The van der Waals surface area contributed by atoms with Gasteiger partial charge in [0.1, 0.15) is 6.54 Å². The Morgan fingerprint density at radius 1 is 1.85 bits per heavy atom. The van der Waals surface area contributed by atoms with E-state index < -0.39 is 0 Å². The molecule has 0 radical (unpaired) electrons. The lowest BCUT2D eigenvalue weighted by molar-refractivity contribution is -0.122. The highest BCUT2D eigenvalue weighted by atomic mass is 16.5. The highest BCUT2D eigenvalue weighted by Gasteiger charge is 2.28. The molecule has 0 aliphatic carbocycles. The van der Waals surface area contributed by atoms with Crippen molar-refractivity contribution in [1.82, 2.24) is 10.6 Å². The predicted octanol–water partition coefficient (Wildman–Crippen LogP) is -0.997. The summed E-state index contributed by atoms with van der Waals surface area (Å²) >= 11 is 0. The Labute approximate surface area is 77.1 Å². The first-order valence-electron chi connectivity index (χ1n) is 4.18. The van der Waals surface area contributed by atoms with Gasteiger partial charge < -0.3 is 15.4 Å². The van der Waals surface area contributed by atoms with Gasteiger partial charge in [-0.05, 0) is 6.42 Å². The van der Waals surface area contributed by atoms with Crippen LogP contribution in [-0.2, 0) is 9.53 Å². The largest absolute Gasteiger partial charge is 0.380 e. The molecule has 5 nitrogen and oxygen atoms in total. The molecule has 13 heavy (non-hydrogen) atoms. The number of nitriles is 1. The number of carbonyl (C=O) groups excluding carboxylic acids is 1. The third-order valence-electron chi connectivity index (χ3n) is 2.08. The van der Waals surface area contributed by atoms with E-state index in [0.717, 1.165) is 0 Å². The summed E-state index contributed by atoms with van der Waals surface area (Å²) in [6.45, 7) is 0.760. The molecule has 5 heteroatoms. The highest BCUT2D eigenvalue weighted by Crippen LogP contribution is 2.08. The van der Waals surface area contributed by atoms with Gasteiger partial charge in [-0.1, -0.05) is 0 Å². The van der Waals surface area contributed by atoms with Gasteiger partial charge >= 0.3 is 0 Å². The maximum Gasteiger partial charge on any atom is 0.238 e. The van der Waals surface area contributed by atoms with Gasteiger partial charge in [-0.2, -0.15) is 5.26 Å². The summed E-state index contributed by atoms with van der Waals surface area (Å²) < 4.78 is 5.09. The molecular weight excluding hydrogens is 170 g/mol. The molecule has 1 amide bonds. The van der Waals surface area contributed by atoms with Crippen LogP contribution in [0.4, 0.5) is 0 Å². The first-order chi connectivity index (χ1) is 6.27. The lowest BCUT2D eigenvalue weighted by Crippen LogP contribution is -2.40. The van der Waals surface area contributed by atoms with Crippen molar-refractivity contribution in [1.29, 1.82) is 5.26 Å². The Hall–Kier alpha value is -1.12. The zero-order valence-corrected chi connectivity index (χ0v) is 7.54. The molecule has 1 heterocycles. The highest BCUT2D eigenvalue weighted by molar-refractivity contribution is 5.82. The summed E-state index contributed by atoms with van der Waals surface area (Å²) in [7, 11) is 1.63. The fourth-order valence-electron chi connectivity index (χ4n) is 1.33. The second-order valence-corrected chi connectivity index (χ2v) is 2.93. The zero-order chi connectivity index (χ0) is 9.68. The summed E-state index contributed by atoms with van der Waals surface area (Å²) in [6.07, 6.45) is 0.783. The van der Waals surface area contributed by atoms with E-state index in [0.29, 0.717) is 13.0 Å². The van der Waals surface area contributed by atoms with Crippen LogP contribution in [0, 0.1) is 11.3 Å². The molecule has 2 atom stereocenters. The smallest absolute Gasteiger partial charge is 0.238 e. The monoisotopic (exact) mass is 183 g/mol. The molecule has 0 saturated carbocycles. The van der Waals surface area contributed by atoms with Crippen LogP contribution >= 0.6 is 0 Å². The normalized spacial score (nSPS) is 26.8. The fraction of sp³-hybridized carbons (Fsp3) is 0.750. The van der Waals surface area contributed by atoms with Crippen molar-refractivity contribution in [3.63, 3.8) is 0 Å². The number of rotatable bonds is 3. The zero-order valence-electron chi connectivity index (χ0n) is 7.54. The third-order valence-corrected chi connectivity index (χ3v) is 2.08. The van der Waals surface area contributed by atoms with E-state index in [1.54, 1.807) is 7.11 Å².